The van der Waals surface area contributed by atoms with Crippen molar-refractivity contribution in [1.29, 1.82) is 0 Å². The van der Waals surface area contributed by atoms with Crippen molar-refractivity contribution in [2.24, 2.45) is 0 Å². The van der Waals surface area contributed by atoms with Gasteiger partial charge in [0, 0.05) is 52.1 Å². The molecule has 0 atom stereocenters. The van der Waals surface area contributed by atoms with E-state index < -0.39 is 5.41 Å². The van der Waals surface area contributed by atoms with Crippen molar-refractivity contribution in [2.75, 3.05) is 39.3 Å². The van der Waals surface area contributed by atoms with Crippen molar-refractivity contribution >= 4 is 17.7 Å². The van der Waals surface area contributed by atoms with Crippen LogP contribution in [0.3, 0.4) is 0 Å². The van der Waals surface area contributed by atoms with Crippen molar-refractivity contribution in [3.8, 4) is 0 Å². The first-order valence-corrected chi connectivity index (χ1v) is 9.30. The minimum Gasteiger partial charge on any atom is -0.339 e. The van der Waals surface area contributed by atoms with Gasteiger partial charge in [0.1, 0.15) is 0 Å². The molecule has 2 fully saturated rings. The Labute approximate surface area is 154 Å². The van der Waals surface area contributed by atoms with E-state index in [9.17, 15) is 14.4 Å². The SMILES string of the molecule is CC(C)(C(=O)N1CCN(CCN2C(=O)CCC2=O)CC1)c1ccccc1. The van der Waals surface area contributed by atoms with Gasteiger partial charge in [0.05, 0.1) is 5.41 Å². The van der Waals surface area contributed by atoms with E-state index in [0.29, 0.717) is 39.0 Å². The summed E-state index contributed by atoms with van der Waals surface area (Å²) in [6.45, 7) is 7.99. The molecular formula is C20H27N3O3. The number of piperazine rings is 1. The van der Waals surface area contributed by atoms with Crippen molar-refractivity contribution in [3.05, 3.63) is 35.9 Å². The first-order chi connectivity index (χ1) is 12.4. The number of hydrogen-bond donors (Lipinski definition) is 0. The summed E-state index contributed by atoms with van der Waals surface area (Å²) in [7, 11) is 0. The molecule has 6 heteroatoms. The molecular weight excluding hydrogens is 330 g/mol. The molecule has 1 aromatic carbocycles. The molecule has 0 aliphatic carbocycles. The van der Waals surface area contributed by atoms with Crippen LogP contribution in [-0.2, 0) is 19.8 Å². The van der Waals surface area contributed by atoms with Crippen LogP contribution in [0.5, 0.6) is 0 Å². The maximum atomic E-state index is 13.0. The molecule has 140 valence electrons. The van der Waals surface area contributed by atoms with Gasteiger partial charge in [-0.25, -0.2) is 0 Å². The zero-order chi connectivity index (χ0) is 18.7. The smallest absolute Gasteiger partial charge is 0.232 e. The summed E-state index contributed by atoms with van der Waals surface area (Å²) in [5, 5.41) is 0. The molecule has 0 N–H and O–H groups in total. The fourth-order valence-electron chi connectivity index (χ4n) is 3.66. The third-order valence-corrected chi connectivity index (χ3v) is 5.48. The molecule has 1 aromatic rings. The largest absolute Gasteiger partial charge is 0.339 e. The van der Waals surface area contributed by atoms with Crippen LogP contribution in [0.4, 0.5) is 0 Å². The van der Waals surface area contributed by atoms with Gasteiger partial charge in [0.15, 0.2) is 0 Å². The molecule has 0 radical (unpaired) electrons. The van der Waals surface area contributed by atoms with Crippen molar-refractivity contribution < 1.29 is 14.4 Å². The van der Waals surface area contributed by atoms with Crippen LogP contribution < -0.4 is 0 Å². The Balaban J connectivity index is 1.51. The number of amides is 3. The van der Waals surface area contributed by atoms with Gasteiger partial charge in [-0.1, -0.05) is 30.3 Å². The zero-order valence-corrected chi connectivity index (χ0v) is 15.6. The molecule has 26 heavy (non-hydrogen) atoms. The van der Waals surface area contributed by atoms with E-state index in [0.717, 1.165) is 18.7 Å². The molecule has 0 bridgehead atoms. The number of carbonyl (C=O) groups excluding carboxylic acids is 3. The summed E-state index contributed by atoms with van der Waals surface area (Å²) in [6.07, 6.45) is 0.686. The number of imide groups is 1. The van der Waals surface area contributed by atoms with Crippen LogP contribution in [-0.4, -0.2) is 71.7 Å². The van der Waals surface area contributed by atoms with Crippen molar-refractivity contribution in [2.45, 2.75) is 32.1 Å². The second-order valence-electron chi connectivity index (χ2n) is 7.56. The first kappa shape index (κ1) is 18.6. The normalized spacial score (nSPS) is 19.3. The van der Waals surface area contributed by atoms with Crippen LogP contribution in [0.1, 0.15) is 32.3 Å². The second-order valence-corrected chi connectivity index (χ2v) is 7.56. The highest BCUT2D eigenvalue weighted by Crippen LogP contribution is 2.26. The van der Waals surface area contributed by atoms with E-state index in [1.807, 2.05) is 49.1 Å². The van der Waals surface area contributed by atoms with E-state index >= 15 is 0 Å². The fourth-order valence-corrected chi connectivity index (χ4v) is 3.66. The predicted molar refractivity (Wildman–Crippen MR) is 98.4 cm³/mol. The average molecular weight is 357 g/mol. The lowest BCUT2D eigenvalue weighted by molar-refractivity contribution is -0.138. The Morgan fingerprint density at radius 2 is 1.50 bits per heavy atom. The minimum absolute atomic E-state index is 0.0616. The molecule has 2 aliphatic rings. The Morgan fingerprint density at radius 1 is 0.923 bits per heavy atom. The number of hydrogen-bond acceptors (Lipinski definition) is 4. The Kier molecular flexibility index (Phi) is 5.41. The molecule has 0 aromatic heterocycles. The van der Waals surface area contributed by atoms with E-state index in [2.05, 4.69) is 4.90 Å². The minimum atomic E-state index is -0.544. The van der Waals surface area contributed by atoms with E-state index in [-0.39, 0.29) is 17.7 Å². The Hall–Kier alpha value is -2.21. The van der Waals surface area contributed by atoms with E-state index in [4.69, 9.17) is 0 Å². The van der Waals surface area contributed by atoms with Crippen LogP contribution in [0.15, 0.2) is 30.3 Å². The summed E-state index contributed by atoms with van der Waals surface area (Å²) in [4.78, 5) is 41.9. The van der Waals surface area contributed by atoms with E-state index in [1.165, 1.54) is 4.90 Å². The summed E-state index contributed by atoms with van der Waals surface area (Å²) < 4.78 is 0. The van der Waals surface area contributed by atoms with Crippen molar-refractivity contribution in [3.63, 3.8) is 0 Å². The Morgan fingerprint density at radius 3 is 2.08 bits per heavy atom. The maximum Gasteiger partial charge on any atom is 0.232 e. The molecule has 2 heterocycles. The maximum absolute atomic E-state index is 13.0. The second kappa shape index (κ2) is 7.58. The van der Waals surface area contributed by atoms with Gasteiger partial charge in [0.2, 0.25) is 17.7 Å². The summed E-state index contributed by atoms with van der Waals surface area (Å²) in [5.74, 6) is 0.0232. The number of benzene rings is 1. The highest BCUT2D eigenvalue weighted by Gasteiger charge is 2.35. The lowest BCUT2D eigenvalue weighted by atomic mass is 9.83. The van der Waals surface area contributed by atoms with Crippen LogP contribution >= 0.6 is 0 Å². The molecule has 6 nitrogen and oxygen atoms in total. The monoisotopic (exact) mass is 357 g/mol. The van der Waals surface area contributed by atoms with Gasteiger partial charge in [-0.15, -0.1) is 0 Å². The van der Waals surface area contributed by atoms with Gasteiger partial charge < -0.3 is 4.90 Å². The Bertz CT molecular complexity index is 663. The number of nitrogens with zero attached hydrogens (tertiary/aromatic N) is 3. The summed E-state index contributed by atoms with van der Waals surface area (Å²) in [6, 6.07) is 9.88. The van der Waals surface area contributed by atoms with Gasteiger partial charge in [-0.05, 0) is 19.4 Å². The predicted octanol–water partition coefficient (Wildman–Crippen LogP) is 1.26. The molecule has 0 unspecified atom stereocenters. The van der Waals surface area contributed by atoms with Gasteiger partial charge in [-0.2, -0.15) is 0 Å². The average Bonchev–Trinajstić information content (AvgIpc) is 2.98. The summed E-state index contributed by atoms with van der Waals surface area (Å²) >= 11 is 0. The third-order valence-electron chi connectivity index (χ3n) is 5.48. The van der Waals surface area contributed by atoms with E-state index in [1.54, 1.807) is 0 Å². The molecule has 2 saturated heterocycles. The molecule has 0 spiro atoms. The van der Waals surface area contributed by atoms with Gasteiger partial charge in [-0.3, -0.25) is 24.2 Å². The lowest BCUT2D eigenvalue weighted by Gasteiger charge is -2.39. The quantitative estimate of drug-likeness (QED) is 0.745. The third kappa shape index (κ3) is 3.80. The molecule has 0 saturated carbocycles. The van der Waals surface area contributed by atoms with Gasteiger partial charge >= 0.3 is 0 Å². The van der Waals surface area contributed by atoms with Gasteiger partial charge in [0.25, 0.3) is 0 Å². The fraction of sp³-hybridized carbons (Fsp3) is 0.550. The topological polar surface area (TPSA) is 60.9 Å². The highest BCUT2D eigenvalue weighted by atomic mass is 16.2. The first-order valence-electron chi connectivity index (χ1n) is 9.30. The standard InChI is InChI=1S/C20H27N3O3/c1-20(2,16-6-4-3-5-7-16)19(26)22-13-10-21(11-14-22)12-15-23-17(24)8-9-18(23)25/h3-7H,8-15H2,1-2H3. The van der Waals surface area contributed by atoms with Crippen LogP contribution in [0, 0.1) is 0 Å². The summed E-state index contributed by atoms with van der Waals surface area (Å²) in [5.41, 5.74) is 0.483. The number of carbonyl (C=O) groups is 3. The highest BCUT2D eigenvalue weighted by molar-refractivity contribution is 6.01. The number of likely N-dealkylation sites (tertiary alicyclic amines) is 1. The van der Waals surface area contributed by atoms with Crippen LogP contribution in [0.25, 0.3) is 0 Å². The molecule has 3 rings (SSSR count). The van der Waals surface area contributed by atoms with Crippen LogP contribution in [0.2, 0.25) is 0 Å². The molecule has 3 amide bonds. The molecule has 2 aliphatic heterocycles. The zero-order valence-electron chi connectivity index (χ0n) is 15.6. The lowest BCUT2D eigenvalue weighted by Crippen LogP contribution is -2.54. The number of rotatable bonds is 5. The van der Waals surface area contributed by atoms with Crippen molar-refractivity contribution in [1.82, 2.24) is 14.7 Å².